The summed E-state index contributed by atoms with van der Waals surface area (Å²) in [6, 6.07) is 8.69. The van der Waals surface area contributed by atoms with Gasteiger partial charge in [0, 0.05) is 6.54 Å². The van der Waals surface area contributed by atoms with Crippen LogP contribution in [0.3, 0.4) is 0 Å². The summed E-state index contributed by atoms with van der Waals surface area (Å²) in [5, 5.41) is 11.2. The van der Waals surface area contributed by atoms with Gasteiger partial charge in [-0.2, -0.15) is 13.2 Å². The zero-order chi connectivity index (χ0) is 24.2. The van der Waals surface area contributed by atoms with Crippen LogP contribution in [0.4, 0.5) is 18.9 Å². The summed E-state index contributed by atoms with van der Waals surface area (Å²) in [4.78, 5) is 12.3. The first kappa shape index (κ1) is 24.9. The molecular weight excluding hydrogens is 477 g/mol. The summed E-state index contributed by atoms with van der Waals surface area (Å²) < 4.78 is 46.5. The summed E-state index contributed by atoms with van der Waals surface area (Å²) >= 11 is 7.05. The quantitative estimate of drug-likeness (QED) is 0.392. The van der Waals surface area contributed by atoms with Crippen molar-refractivity contribution in [2.75, 3.05) is 11.1 Å². The molecule has 33 heavy (non-hydrogen) atoms. The molecule has 0 unspecified atom stereocenters. The Labute approximate surface area is 198 Å². The van der Waals surface area contributed by atoms with Gasteiger partial charge in [0.05, 0.1) is 22.0 Å². The first-order valence-corrected chi connectivity index (χ1v) is 11.4. The topological polar surface area (TPSA) is 69.0 Å². The molecular formula is C22H22ClF3N4O2S. The zero-order valence-corrected chi connectivity index (χ0v) is 19.7. The van der Waals surface area contributed by atoms with Crippen LogP contribution in [0.5, 0.6) is 5.75 Å². The van der Waals surface area contributed by atoms with Crippen molar-refractivity contribution in [3.63, 3.8) is 0 Å². The third-order valence-corrected chi connectivity index (χ3v) is 6.01. The van der Waals surface area contributed by atoms with Gasteiger partial charge >= 0.3 is 6.18 Å². The molecule has 6 nitrogen and oxygen atoms in total. The van der Waals surface area contributed by atoms with Gasteiger partial charge in [0.15, 0.2) is 11.0 Å². The number of aryl methyl sites for hydroxylation is 2. The van der Waals surface area contributed by atoms with Crippen LogP contribution >= 0.6 is 23.4 Å². The average Bonchev–Trinajstić information content (AvgIpc) is 3.15. The normalized spacial score (nSPS) is 11.5. The van der Waals surface area contributed by atoms with E-state index in [-0.39, 0.29) is 23.1 Å². The van der Waals surface area contributed by atoms with Gasteiger partial charge in [-0.05, 0) is 56.2 Å². The van der Waals surface area contributed by atoms with Crippen LogP contribution in [-0.4, -0.2) is 26.4 Å². The van der Waals surface area contributed by atoms with Crippen LogP contribution in [-0.2, 0) is 24.1 Å². The molecule has 1 aromatic heterocycles. The lowest BCUT2D eigenvalue weighted by Gasteiger charge is -2.12. The highest BCUT2D eigenvalue weighted by molar-refractivity contribution is 7.99. The molecule has 0 atom stereocenters. The van der Waals surface area contributed by atoms with Crippen LogP contribution in [0.2, 0.25) is 5.02 Å². The van der Waals surface area contributed by atoms with E-state index in [9.17, 15) is 18.0 Å². The second-order valence-corrected chi connectivity index (χ2v) is 8.58. The van der Waals surface area contributed by atoms with E-state index in [1.54, 1.807) is 0 Å². The molecule has 3 aromatic rings. The number of benzene rings is 2. The van der Waals surface area contributed by atoms with Gasteiger partial charge in [0.25, 0.3) is 0 Å². The van der Waals surface area contributed by atoms with Crippen molar-refractivity contribution in [1.82, 2.24) is 14.8 Å². The molecule has 2 aromatic carbocycles. The smallest absolute Gasteiger partial charge is 0.416 e. The third-order valence-electron chi connectivity index (χ3n) is 4.71. The molecule has 0 aliphatic rings. The Kier molecular flexibility index (Phi) is 7.91. The molecule has 3 rings (SSSR count). The minimum absolute atomic E-state index is 0.0175. The number of alkyl halides is 3. The van der Waals surface area contributed by atoms with E-state index in [4.69, 9.17) is 16.3 Å². The van der Waals surface area contributed by atoms with Gasteiger partial charge in [-0.3, -0.25) is 4.79 Å². The number of thioether (sulfide) groups is 1. The number of amides is 1. The van der Waals surface area contributed by atoms with Gasteiger partial charge in [-0.15, -0.1) is 10.2 Å². The number of hydrogen-bond acceptors (Lipinski definition) is 5. The van der Waals surface area contributed by atoms with Crippen LogP contribution in [0.1, 0.15) is 29.4 Å². The van der Waals surface area contributed by atoms with E-state index in [0.29, 0.717) is 17.5 Å². The summed E-state index contributed by atoms with van der Waals surface area (Å²) in [6.45, 7) is 6.61. The highest BCUT2D eigenvalue weighted by atomic mass is 35.5. The highest BCUT2D eigenvalue weighted by Gasteiger charge is 2.31. The third kappa shape index (κ3) is 6.42. The molecule has 0 saturated carbocycles. The van der Waals surface area contributed by atoms with E-state index >= 15 is 0 Å². The number of nitrogens with zero attached hydrogens (tertiary/aromatic N) is 3. The fraction of sp³-hybridized carbons (Fsp3) is 0.318. The molecule has 0 bridgehead atoms. The molecule has 0 radical (unpaired) electrons. The lowest BCUT2D eigenvalue weighted by Crippen LogP contribution is -2.16. The number of carbonyl (C=O) groups excluding carboxylic acids is 1. The molecule has 0 saturated heterocycles. The predicted octanol–water partition coefficient (Wildman–Crippen LogP) is 5.90. The second kappa shape index (κ2) is 10.5. The van der Waals surface area contributed by atoms with Crippen LogP contribution in [0, 0.1) is 13.8 Å². The van der Waals surface area contributed by atoms with E-state index in [2.05, 4.69) is 15.5 Å². The second-order valence-electron chi connectivity index (χ2n) is 7.23. The number of rotatable bonds is 8. The Morgan fingerprint density at radius 2 is 1.94 bits per heavy atom. The van der Waals surface area contributed by atoms with Gasteiger partial charge < -0.3 is 14.6 Å². The van der Waals surface area contributed by atoms with Gasteiger partial charge in [0.1, 0.15) is 12.4 Å². The number of halogens is 4. The van der Waals surface area contributed by atoms with Crippen molar-refractivity contribution in [3.05, 3.63) is 63.9 Å². The van der Waals surface area contributed by atoms with Crippen molar-refractivity contribution < 1.29 is 22.7 Å². The molecule has 0 spiro atoms. The molecule has 1 N–H and O–H groups in total. The van der Waals surface area contributed by atoms with Crippen molar-refractivity contribution >= 4 is 35.0 Å². The molecule has 0 aliphatic carbocycles. The number of carbonyl (C=O) groups is 1. The van der Waals surface area contributed by atoms with Gasteiger partial charge in [-0.25, -0.2) is 0 Å². The molecule has 11 heteroatoms. The van der Waals surface area contributed by atoms with Crippen LogP contribution in [0.25, 0.3) is 0 Å². The highest BCUT2D eigenvalue weighted by Crippen LogP contribution is 2.34. The monoisotopic (exact) mass is 498 g/mol. The van der Waals surface area contributed by atoms with Crippen molar-refractivity contribution in [3.8, 4) is 5.75 Å². The Hall–Kier alpha value is -2.72. The minimum Gasteiger partial charge on any atom is -0.485 e. The maximum atomic E-state index is 12.9. The Morgan fingerprint density at radius 3 is 2.64 bits per heavy atom. The average molecular weight is 499 g/mol. The SMILES string of the molecule is CCn1c(COc2cc(C)ccc2C)nnc1SCC(=O)Nc1cc(C(F)(F)F)ccc1Cl. The number of nitrogens with one attached hydrogen (secondary N) is 1. The van der Waals surface area contributed by atoms with Crippen molar-refractivity contribution in [1.29, 1.82) is 0 Å². The summed E-state index contributed by atoms with van der Waals surface area (Å²) in [7, 11) is 0. The van der Waals surface area contributed by atoms with Gasteiger partial charge in [-0.1, -0.05) is 35.5 Å². The Balaban J connectivity index is 1.63. The van der Waals surface area contributed by atoms with Crippen molar-refractivity contribution in [2.45, 2.75) is 45.3 Å². The van der Waals surface area contributed by atoms with E-state index < -0.39 is 17.6 Å². The Bertz CT molecular complexity index is 1150. The van der Waals surface area contributed by atoms with Crippen molar-refractivity contribution in [2.24, 2.45) is 0 Å². The van der Waals surface area contributed by atoms with Crippen LogP contribution in [0.15, 0.2) is 41.6 Å². The summed E-state index contributed by atoms with van der Waals surface area (Å²) in [5.41, 5.74) is 1.09. The molecule has 0 aliphatic heterocycles. The largest absolute Gasteiger partial charge is 0.485 e. The molecule has 1 heterocycles. The number of aromatic nitrogens is 3. The fourth-order valence-corrected chi connectivity index (χ4v) is 3.96. The predicted molar refractivity (Wildman–Crippen MR) is 122 cm³/mol. The zero-order valence-electron chi connectivity index (χ0n) is 18.2. The van der Waals surface area contributed by atoms with Gasteiger partial charge in [0.2, 0.25) is 5.91 Å². The first-order chi connectivity index (χ1) is 15.6. The summed E-state index contributed by atoms with van der Waals surface area (Å²) in [6.07, 6.45) is -4.54. The van der Waals surface area contributed by atoms with Crippen LogP contribution < -0.4 is 10.1 Å². The van der Waals surface area contributed by atoms with E-state index in [1.165, 1.54) is 0 Å². The van der Waals surface area contributed by atoms with E-state index in [0.717, 1.165) is 46.8 Å². The number of ether oxygens (including phenoxy) is 1. The maximum absolute atomic E-state index is 12.9. The Morgan fingerprint density at radius 1 is 1.18 bits per heavy atom. The molecule has 0 fully saturated rings. The number of hydrogen-bond donors (Lipinski definition) is 1. The lowest BCUT2D eigenvalue weighted by molar-refractivity contribution is -0.137. The number of anilines is 1. The van der Waals surface area contributed by atoms with E-state index in [1.807, 2.05) is 43.5 Å². The maximum Gasteiger partial charge on any atom is 0.416 e. The molecule has 1 amide bonds. The standard InChI is InChI=1S/C22H22ClF3N4O2S/c1-4-30-19(11-32-18-9-13(2)5-6-14(18)3)28-29-21(30)33-12-20(31)27-17-10-15(22(24,25)26)7-8-16(17)23/h5-10H,4,11-12H2,1-3H3,(H,27,31). The lowest BCUT2D eigenvalue weighted by atomic mass is 10.1. The first-order valence-electron chi connectivity index (χ1n) is 10.00. The molecule has 176 valence electrons. The minimum atomic E-state index is -4.54. The fourth-order valence-electron chi connectivity index (χ4n) is 2.97. The summed E-state index contributed by atoms with van der Waals surface area (Å²) in [5.74, 6) is 0.761.